The molecule has 0 unspecified atom stereocenters. The van der Waals surface area contributed by atoms with Crippen molar-refractivity contribution in [1.29, 1.82) is 0 Å². The fourth-order valence-electron chi connectivity index (χ4n) is 1.60. The number of rotatable bonds is 4. The quantitative estimate of drug-likeness (QED) is 0.352. The summed E-state index contributed by atoms with van der Waals surface area (Å²) in [6, 6.07) is 7.62. The molecule has 1 aromatic rings. The number of aliphatic imine (C=N–C) groups is 1. The molecule has 1 atom stereocenters. The molecule has 1 rings (SSSR count). The van der Waals surface area contributed by atoms with Crippen molar-refractivity contribution >= 4 is 18.0 Å². The van der Waals surface area contributed by atoms with E-state index in [1.165, 1.54) is 13.5 Å². The van der Waals surface area contributed by atoms with Crippen LogP contribution in [0.15, 0.2) is 29.3 Å². The molecule has 0 aliphatic rings. The van der Waals surface area contributed by atoms with E-state index >= 15 is 0 Å². The van der Waals surface area contributed by atoms with Crippen LogP contribution in [-0.2, 0) is 9.78 Å². The Balaban J connectivity index is 3.03. The van der Waals surface area contributed by atoms with Crippen LogP contribution in [0.4, 0.5) is 0 Å². The summed E-state index contributed by atoms with van der Waals surface area (Å²) in [6.07, 6.45) is 1.30. The Hall–Kier alpha value is -1.06. The van der Waals surface area contributed by atoms with Crippen LogP contribution in [0, 0.1) is 5.41 Å². The molecule has 4 heteroatoms. The van der Waals surface area contributed by atoms with E-state index < -0.39 is 0 Å². The molecule has 0 spiro atoms. The maximum Gasteiger partial charge on any atom is 0.215 e. The standard InChI is InChI=1S/C13H18ClNO2/c1-13(2,3)12(15-9-17-16-4)10-7-5-6-8-11(10)14/h5-9,12H,1-4H3/t12-/m1/s1. The molecule has 94 valence electrons. The lowest BCUT2D eigenvalue weighted by Gasteiger charge is -2.27. The molecule has 0 N–H and O–H groups in total. The molecule has 0 aliphatic carbocycles. The van der Waals surface area contributed by atoms with Gasteiger partial charge in [-0.1, -0.05) is 50.6 Å². The summed E-state index contributed by atoms with van der Waals surface area (Å²) in [5.74, 6) is 0. The van der Waals surface area contributed by atoms with Crippen molar-refractivity contribution in [2.45, 2.75) is 26.8 Å². The SMILES string of the molecule is COOC=N[C@H](c1ccccc1Cl)C(C)(C)C. The average molecular weight is 256 g/mol. The highest BCUT2D eigenvalue weighted by molar-refractivity contribution is 6.31. The van der Waals surface area contributed by atoms with Crippen LogP contribution >= 0.6 is 11.6 Å². The molecule has 0 amide bonds. The van der Waals surface area contributed by atoms with Crippen LogP contribution in [0.1, 0.15) is 32.4 Å². The summed E-state index contributed by atoms with van der Waals surface area (Å²) >= 11 is 6.19. The van der Waals surface area contributed by atoms with Crippen molar-refractivity contribution in [3.05, 3.63) is 34.9 Å². The minimum absolute atomic E-state index is 0.0569. The second kappa shape index (κ2) is 6.03. The van der Waals surface area contributed by atoms with Crippen molar-refractivity contribution in [3.8, 4) is 0 Å². The third kappa shape index (κ3) is 4.02. The van der Waals surface area contributed by atoms with Gasteiger partial charge in [0.2, 0.25) is 6.40 Å². The maximum absolute atomic E-state index is 6.19. The van der Waals surface area contributed by atoms with E-state index in [4.69, 9.17) is 11.6 Å². The largest absolute Gasteiger partial charge is 0.326 e. The van der Waals surface area contributed by atoms with E-state index in [0.717, 1.165) is 5.56 Å². The summed E-state index contributed by atoms with van der Waals surface area (Å²) in [7, 11) is 1.44. The number of nitrogens with zero attached hydrogens (tertiary/aromatic N) is 1. The third-order valence-electron chi connectivity index (χ3n) is 2.37. The van der Waals surface area contributed by atoms with Gasteiger partial charge in [0.25, 0.3) is 0 Å². The topological polar surface area (TPSA) is 30.8 Å². The zero-order valence-electron chi connectivity index (χ0n) is 10.6. The molecular weight excluding hydrogens is 238 g/mol. The average Bonchev–Trinajstić information content (AvgIpc) is 2.24. The highest BCUT2D eigenvalue weighted by Crippen LogP contribution is 2.38. The predicted octanol–water partition coefficient (Wildman–Crippen LogP) is 4.03. The van der Waals surface area contributed by atoms with E-state index in [0.29, 0.717) is 5.02 Å². The van der Waals surface area contributed by atoms with Gasteiger partial charge in [0, 0.05) is 5.02 Å². The Morgan fingerprint density at radius 2 is 1.94 bits per heavy atom. The van der Waals surface area contributed by atoms with Gasteiger partial charge in [-0.3, -0.25) is 0 Å². The zero-order chi connectivity index (χ0) is 12.9. The molecule has 17 heavy (non-hydrogen) atoms. The molecule has 0 bridgehead atoms. The lowest BCUT2D eigenvalue weighted by Crippen LogP contribution is -2.17. The van der Waals surface area contributed by atoms with E-state index in [-0.39, 0.29) is 11.5 Å². The van der Waals surface area contributed by atoms with E-state index in [1.54, 1.807) is 0 Å². The highest BCUT2D eigenvalue weighted by atomic mass is 35.5. The number of hydrogen-bond donors (Lipinski definition) is 0. The Morgan fingerprint density at radius 3 is 2.47 bits per heavy atom. The third-order valence-corrected chi connectivity index (χ3v) is 2.71. The second-order valence-electron chi connectivity index (χ2n) is 4.81. The Labute approximate surface area is 107 Å². The van der Waals surface area contributed by atoms with Gasteiger partial charge in [0.1, 0.15) is 0 Å². The number of hydrogen-bond acceptors (Lipinski definition) is 3. The fraction of sp³-hybridized carbons (Fsp3) is 0.462. The summed E-state index contributed by atoms with van der Waals surface area (Å²) < 4.78 is 0. The minimum atomic E-state index is -0.0775. The van der Waals surface area contributed by atoms with Gasteiger partial charge in [-0.2, -0.15) is 4.89 Å². The monoisotopic (exact) mass is 255 g/mol. The van der Waals surface area contributed by atoms with E-state index in [1.807, 2.05) is 24.3 Å². The van der Waals surface area contributed by atoms with Crippen molar-refractivity contribution in [2.75, 3.05) is 7.11 Å². The Bertz CT molecular complexity index is 385. The molecule has 0 heterocycles. The first-order chi connectivity index (χ1) is 7.96. The lowest BCUT2D eigenvalue weighted by atomic mass is 9.83. The first-order valence-corrected chi connectivity index (χ1v) is 5.80. The van der Waals surface area contributed by atoms with Crippen LogP contribution in [0.5, 0.6) is 0 Å². The van der Waals surface area contributed by atoms with Gasteiger partial charge >= 0.3 is 0 Å². The van der Waals surface area contributed by atoms with Crippen LogP contribution in [0.2, 0.25) is 5.02 Å². The summed E-state index contributed by atoms with van der Waals surface area (Å²) in [5.41, 5.74) is 0.927. The molecule has 0 fully saturated rings. The molecule has 3 nitrogen and oxygen atoms in total. The number of halogens is 1. The molecule has 0 aromatic heterocycles. The van der Waals surface area contributed by atoms with Crippen LogP contribution in [0.25, 0.3) is 0 Å². The van der Waals surface area contributed by atoms with Crippen molar-refractivity contribution < 1.29 is 9.78 Å². The fourth-order valence-corrected chi connectivity index (χ4v) is 1.84. The predicted molar refractivity (Wildman–Crippen MR) is 70.2 cm³/mol. The molecule has 0 aliphatic heterocycles. The van der Waals surface area contributed by atoms with Gasteiger partial charge in [-0.05, 0) is 17.0 Å². The van der Waals surface area contributed by atoms with Gasteiger partial charge in [0.05, 0.1) is 13.2 Å². The molecule has 0 saturated heterocycles. The normalized spacial score (nSPS) is 13.9. The van der Waals surface area contributed by atoms with E-state index in [9.17, 15) is 0 Å². The first kappa shape index (κ1) is 14.0. The molecule has 1 aromatic carbocycles. The molecule has 0 radical (unpaired) electrons. The minimum Gasteiger partial charge on any atom is -0.326 e. The Morgan fingerprint density at radius 1 is 1.29 bits per heavy atom. The lowest BCUT2D eigenvalue weighted by molar-refractivity contribution is -0.188. The van der Waals surface area contributed by atoms with E-state index in [2.05, 4.69) is 35.5 Å². The smallest absolute Gasteiger partial charge is 0.215 e. The second-order valence-corrected chi connectivity index (χ2v) is 5.21. The van der Waals surface area contributed by atoms with Gasteiger partial charge in [-0.15, -0.1) is 0 Å². The van der Waals surface area contributed by atoms with Crippen LogP contribution < -0.4 is 0 Å². The maximum atomic E-state index is 6.19. The van der Waals surface area contributed by atoms with Gasteiger partial charge in [0.15, 0.2) is 0 Å². The molecule has 0 saturated carbocycles. The summed E-state index contributed by atoms with van der Waals surface area (Å²) in [5, 5.41) is 0.710. The van der Waals surface area contributed by atoms with Crippen molar-refractivity contribution in [2.24, 2.45) is 10.4 Å². The van der Waals surface area contributed by atoms with Crippen LogP contribution in [-0.4, -0.2) is 13.5 Å². The van der Waals surface area contributed by atoms with Crippen molar-refractivity contribution in [3.63, 3.8) is 0 Å². The summed E-state index contributed by atoms with van der Waals surface area (Å²) in [6.45, 7) is 6.31. The first-order valence-electron chi connectivity index (χ1n) is 5.42. The van der Waals surface area contributed by atoms with Gasteiger partial charge in [-0.25, -0.2) is 4.99 Å². The molecular formula is C13H18ClNO2. The zero-order valence-corrected chi connectivity index (χ0v) is 11.4. The summed E-state index contributed by atoms with van der Waals surface area (Å²) in [4.78, 5) is 13.5. The van der Waals surface area contributed by atoms with Crippen molar-refractivity contribution in [1.82, 2.24) is 0 Å². The number of benzene rings is 1. The van der Waals surface area contributed by atoms with Gasteiger partial charge < -0.3 is 4.89 Å². The highest BCUT2D eigenvalue weighted by Gasteiger charge is 2.27. The Kier molecular flexibility index (Phi) is 4.97. The van der Waals surface area contributed by atoms with Crippen LogP contribution in [0.3, 0.4) is 0 Å².